The molecule has 1 aromatic heterocycles. The number of halogens is 1. The Hall–Kier alpha value is -3.06. The van der Waals surface area contributed by atoms with Gasteiger partial charge in [-0.2, -0.15) is 4.98 Å². The lowest BCUT2D eigenvalue weighted by atomic mass is 9.95. The third-order valence-corrected chi connectivity index (χ3v) is 5.55. The number of piperidine rings is 1. The fourth-order valence-electron chi connectivity index (χ4n) is 3.73. The number of likely N-dealkylation sites (tertiary alicyclic amines) is 1. The first-order chi connectivity index (χ1) is 14.6. The molecule has 1 aliphatic rings. The smallest absolute Gasteiger partial charge is 0.241 e. The number of aromatic nitrogens is 2. The van der Waals surface area contributed by atoms with Crippen LogP contribution in [-0.2, 0) is 11.3 Å². The lowest BCUT2D eigenvalue weighted by Gasteiger charge is -2.30. The number of carbonyl (C=O) groups is 1. The Morgan fingerprint density at radius 2 is 1.87 bits per heavy atom. The van der Waals surface area contributed by atoms with E-state index in [0.29, 0.717) is 18.3 Å². The molecule has 2 heterocycles. The first kappa shape index (κ1) is 20.2. The van der Waals surface area contributed by atoms with Crippen molar-refractivity contribution < 1.29 is 13.7 Å². The van der Waals surface area contributed by atoms with E-state index in [1.165, 1.54) is 12.1 Å². The molecule has 0 bridgehead atoms. The van der Waals surface area contributed by atoms with Gasteiger partial charge in [-0.15, -0.1) is 0 Å². The second kappa shape index (κ2) is 9.17. The van der Waals surface area contributed by atoms with Gasteiger partial charge in [0.05, 0.1) is 12.6 Å². The molecule has 0 unspecified atom stereocenters. The highest BCUT2D eigenvalue weighted by Gasteiger charge is 2.27. The van der Waals surface area contributed by atoms with Crippen LogP contribution in [0.4, 0.5) is 4.39 Å². The lowest BCUT2D eigenvalue weighted by Crippen LogP contribution is -2.40. The molecule has 1 fully saturated rings. The summed E-state index contributed by atoms with van der Waals surface area (Å²) in [5.41, 5.74) is 1.82. The zero-order chi connectivity index (χ0) is 20.9. The number of hydrogen-bond acceptors (Lipinski definition) is 5. The van der Waals surface area contributed by atoms with Crippen LogP contribution in [0, 0.1) is 11.7 Å². The molecular weight excluding hydrogens is 383 g/mol. The Labute approximate surface area is 175 Å². The van der Waals surface area contributed by atoms with Gasteiger partial charge in [0.2, 0.25) is 17.6 Å². The van der Waals surface area contributed by atoms with Crippen molar-refractivity contribution >= 4 is 5.91 Å². The molecule has 0 spiro atoms. The van der Waals surface area contributed by atoms with E-state index >= 15 is 0 Å². The van der Waals surface area contributed by atoms with E-state index in [1.807, 2.05) is 37.3 Å². The molecule has 2 aromatic carbocycles. The lowest BCUT2D eigenvalue weighted by molar-refractivity contribution is -0.127. The third kappa shape index (κ3) is 4.91. The Morgan fingerprint density at radius 3 is 2.57 bits per heavy atom. The van der Waals surface area contributed by atoms with Gasteiger partial charge in [-0.1, -0.05) is 47.6 Å². The molecule has 1 N–H and O–H groups in total. The molecule has 3 aromatic rings. The summed E-state index contributed by atoms with van der Waals surface area (Å²) < 4.78 is 18.5. The molecule has 1 saturated heterocycles. The fourth-order valence-corrected chi connectivity index (χ4v) is 3.73. The number of carbonyl (C=O) groups excluding carboxylic acids is 1. The van der Waals surface area contributed by atoms with Crippen LogP contribution in [0.1, 0.15) is 37.3 Å². The van der Waals surface area contributed by atoms with Crippen molar-refractivity contribution in [3.05, 3.63) is 71.9 Å². The van der Waals surface area contributed by atoms with Crippen molar-refractivity contribution in [3.63, 3.8) is 0 Å². The molecule has 0 aliphatic carbocycles. The van der Waals surface area contributed by atoms with Crippen LogP contribution in [0.2, 0.25) is 0 Å². The van der Waals surface area contributed by atoms with Gasteiger partial charge in [-0.3, -0.25) is 9.69 Å². The summed E-state index contributed by atoms with van der Waals surface area (Å²) in [4.78, 5) is 19.3. The molecule has 0 radical (unpaired) electrons. The van der Waals surface area contributed by atoms with Crippen LogP contribution in [0.25, 0.3) is 11.4 Å². The van der Waals surface area contributed by atoms with E-state index < -0.39 is 0 Å². The number of hydrogen-bond donors (Lipinski definition) is 1. The third-order valence-electron chi connectivity index (χ3n) is 5.55. The van der Waals surface area contributed by atoms with Crippen molar-refractivity contribution in [2.75, 3.05) is 13.1 Å². The summed E-state index contributed by atoms with van der Waals surface area (Å²) in [6.45, 7) is 4.10. The van der Waals surface area contributed by atoms with E-state index in [1.54, 1.807) is 12.1 Å². The van der Waals surface area contributed by atoms with Crippen LogP contribution >= 0.6 is 0 Å². The Morgan fingerprint density at radius 1 is 1.17 bits per heavy atom. The summed E-state index contributed by atoms with van der Waals surface area (Å²) in [6, 6.07) is 15.8. The van der Waals surface area contributed by atoms with Gasteiger partial charge in [0, 0.05) is 11.5 Å². The van der Waals surface area contributed by atoms with E-state index in [0.717, 1.165) is 37.1 Å². The van der Waals surface area contributed by atoms with Gasteiger partial charge in [0.15, 0.2) is 0 Å². The maximum atomic E-state index is 13.1. The summed E-state index contributed by atoms with van der Waals surface area (Å²) in [5.74, 6) is 0.931. The predicted octanol–water partition coefficient (Wildman–Crippen LogP) is 3.97. The van der Waals surface area contributed by atoms with Crippen molar-refractivity contribution in [2.45, 2.75) is 32.4 Å². The van der Waals surface area contributed by atoms with E-state index in [4.69, 9.17) is 4.52 Å². The van der Waals surface area contributed by atoms with E-state index in [2.05, 4.69) is 20.4 Å². The fraction of sp³-hybridized carbons (Fsp3) is 0.348. The summed E-state index contributed by atoms with van der Waals surface area (Å²) in [7, 11) is 0. The van der Waals surface area contributed by atoms with Crippen molar-refractivity contribution in [3.8, 4) is 11.4 Å². The van der Waals surface area contributed by atoms with Crippen LogP contribution in [-0.4, -0.2) is 34.0 Å². The highest BCUT2D eigenvalue weighted by Crippen LogP contribution is 2.22. The van der Waals surface area contributed by atoms with Crippen molar-refractivity contribution in [2.24, 2.45) is 5.92 Å². The number of amides is 1. The minimum absolute atomic E-state index is 0.0216. The molecule has 6 nitrogen and oxygen atoms in total. The van der Waals surface area contributed by atoms with Gasteiger partial charge in [0.1, 0.15) is 5.82 Å². The molecule has 7 heteroatoms. The number of nitrogens with one attached hydrogen (secondary N) is 1. The Balaban J connectivity index is 1.26. The van der Waals surface area contributed by atoms with Gasteiger partial charge >= 0.3 is 0 Å². The van der Waals surface area contributed by atoms with Gasteiger partial charge in [-0.05, 0) is 50.6 Å². The molecule has 1 aliphatic heterocycles. The maximum absolute atomic E-state index is 13.1. The SMILES string of the molecule is C[C@@H](NC(=O)C1CCN(Cc2nc(-c3ccccc3)no2)CC1)c1ccc(F)cc1. The second-order valence-corrected chi connectivity index (χ2v) is 7.71. The highest BCUT2D eigenvalue weighted by atomic mass is 19.1. The maximum Gasteiger partial charge on any atom is 0.241 e. The summed E-state index contributed by atoms with van der Waals surface area (Å²) in [6.07, 6.45) is 1.56. The highest BCUT2D eigenvalue weighted by molar-refractivity contribution is 5.79. The van der Waals surface area contributed by atoms with Crippen LogP contribution in [0.5, 0.6) is 0 Å². The monoisotopic (exact) mass is 408 g/mol. The van der Waals surface area contributed by atoms with Gasteiger partial charge in [0.25, 0.3) is 0 Å². The average Bonchev–Trinajstić information content (AvgIpc) is 3.24. The van der Waals surface area contributed by atoms with Crippen molar-refractivity contribution in [1.29, 1.82) is 0 Å². The number of rotatable bonds is 6. The molecule has 1 amide bonds. The van der Waals surface area contributed by atoms with E-state index in [-0.39, 0.29) is 23.7 Å². The van der Waals surface area contributed by atoms with Gasteiger partial charge in [-0.25, -0.2) is 4.39 Å². The standard InChI is InChI=1S/C23H25FN4O2/c1-16(17-7-9-20(24)10-8-17)25-23(29)19-11-13-28(14-12-19)15-21-26-22(27-30-21)18-5-3-2-4-6-18/h2-10,16,19H,11-15H2,1H3,(H,25,29)/t16-/m1/s1. The second-order valence-electron chi connectivity index (χ2n) is 7.71. The molecule has 156 valence electrons. The first-order valence-corrected chi connectivity index (χ1v) is 10.2. The molecular formula is C23H25FN4O2. The van der Waals surface area contributed by atoms with Crippen LogP contribution in [0.15, 0.2) is 59.1 Å². The average molecular weight is 408 g/mol. The van der Waals surface area contributed by atoms with Crippen LogP contribution < -0.4 is 5.32 Å². The number of benzene rings is 2. The summed E-state index contributed by atoms with van der Waals surface area (Å²) in [5, 5.41) is 7.11. The normalized spacial score (nSPS) is 16.3. The minimum atomic E-state index is -0.276. The largest absolute Gasteiger partial charge is 0.349 e. The van der Waals surface area contributed by atoms with Crippen LogP contribution in [0.3, 0.4) is 0 Å². The predicted molar refractivity (Wildman–Crippen MR) is 111 cm³/mol. The molecule has 30 heavy (non-hydrogen) atoms. The molecule has 1 atom stereocenters. The molecule has 4 rings (SSSR count). The minimum Gasteiger partial charge on any atom is -0.349 e. The quantitative estimate of drug-likeness (QED) is 0.668. The topological polar surface area (TPSA) is 71.3 Å². The Kier molecular flexibility index (Phi) is 6.18. The zero-order valence-corrected chi connectivity index (χ0v) is 16.9. The zero-order valence-electron chi connectivity index (χ0n) is 16.9. The summed E-state index contributed by atoms with van der Waals surface area (Å²) >= 11 is 0. The number of nitrogens with zero attached hydrogens (tertiary/aromatic N) is 3. The van der Waals surface area contributed by atoms with E-state index in [9.17, 15) is 9.18 Å². The van der Waals surface area contributed by atoms with Gasteiger partial charge < -0.3 is 9.84 Å². The molecule has 0 saturated carbocycles. The Bertz CT molecular complexity index is 966. The van der Waals surface area contributed by atoms with Crippen molar-refractivity contribution in [1.82, 2.24) is 20.4 Å². The first-order valence-electron chi connectivity index (χ1n) is 10.2.